The van der Waals surface area contributed by atoms with Crippen LogP contribution in [-0.2, 0) is 14.4 Å². The summed E-state index contributed by atoms with van der Waals surface area (Å²) < 4.78 is 0. The van der Waals surface area contributed by atoms with E-state index in [1.165, 1.54) is 128 Å². The first-order chi connectivity index (χ1) is 17.9. The van der Waals surface area contributed by atoms with E-state index in [1.54, 1.807) is 6.08 Å². The van der Waals surface area contributed by atoms with Crippen LogP contribution in [0.5, 0.6) is 0 Å². The lowest BCUT2D eigenvalue weighted by atomic mass is 9.91. The van der Waals surface area contributed by atoms with Crippen LogP contribution in [0.3, 0.4) is 0 Å². The van der Waals surface area contributed by atoms with Crippen LogP contribution in [0.4, 0.5) is 0 Å². The fourth-order valence-corrected chi connectivity index (χ4v) is 5.96. The van der Waals surface area contributed by atoms with E-state index < -0.39 is 11.9 Å². The Morgan fingerprint density at radius 3 is 0.892 bits per heavy atom. The third-order valence-corrected chi connectivity index (χ3v) is 8.17. The second kappa shape index (κ2) is 19.4. The van der Waals surface area contributed by atoms with Gasteiger partial charge >= 0.3 is 11.9 Å². The Kier molecular flexibility index (Phi) is 16.5. The van der Waals surface area contributed by atoms with Crippen molar-refractivity contribution in [1.29, 1.82) is 0 Å². The zero-order valence-corrected chi connectivity index (χ0v) is 22.9. The number of carbonyl (C=O) groups excluding carboxylic acids is 1. The third-order valence-electron chi connectivity index (χ3n) is 8.17. The molecule has 0 aliphatic heterocycles. The molecule has 0 aromatic rings. The summed E-state index contributed by atoms with van der Waals surface area (Å²) in [5, 5.41) is 22.5. The molecule has 7 heteroatoms. The SMILES string of the molecule is C1CCC(NC2CCCCC2)CC1.C1CCC(NC2CCCCC2)CC1.O=C(O)C(=O)O.O=C1C=CC1. The topological polar surface area (TPSA) is 116 Å². The lowest BCUT2D eigenvalue weighted by Gasteiger charge is -2.30. The summed E-state index contributed by atoms with van der Waals surface area (Å²) in [4.78, 5) is 28.0. The summed E-state index contributed by atoms with van der Waals surface area (Å²) >= 11 is 0. The molecule has 212 valence electrons. The van der Waals surface area contributed by atoms with Crippen molar-refractivity contribution in [3.05, 3.63) is 12.2 Å². The molecule has 4 fully saturated rings. The second-order valence-corrected chi connectivity index (χ2v) is 11.4. The van der Waals surface area contributed by atoms with Gasteiger partial charge in [0.15, 0.2) is 5.78 Å². The van der Waals surface area contributed by atoms with Gasteiger partial charge < -0.3 is 20.8 Å². The smallest absolute Gasteiger partial charge is 0.414 e. The predicted molar refractivity (Wildman–Crippen MR) is 148 cm³/mol. The maximum absolute atomic E-state index is 9.81. The highest BCUT2D eigenvalue weighted by Crippen LogP contribution is 2.23. The fourth-order valence-electron chi connectivity index (χ4n) is 5.96. The first-order valence-corrected chi connectivity index (χ1v) is 15.1. The highest BCUT2D eigenvalue weighted by Gasteiger charge is 2.20. The van der Waals surface area contributed by atoms with Crippen LogP contribution in [0.1, 0.15) is 135 Å². The van der Waals surface area contributed by atoms with Gasteiger partial charge in [0.1, 0.15) is 0 Å². The molecule has 0 aromatic heterocycles. The van der Waals surface area contributed by atoms with E-state index >= 15 is 0 Å². The Balaban J connectivity index is 0.000000188. The van der Waals surface area contributed by atoms with Crippen LogP contribution in [-0.4, -0.2) is 52.1 Å². The summed E-state index contributed by atoms with van der Waals surface area (Å²) in [6.07, 6.45) is 33.2. The molecule has 0 amide bonds. The minimum absolute atomic E-state index is 0.255. The van der Waals surface area contributed by atoms with Crippen molar-refractivity contribution in [1.82, 2.24) is 10.6 Å². The number of allylic oxidation sites excluding steroid dienone is 2. The summed E-state index contributed by atoms with van der Waals surface area (Å²) in [6.45, 7) is 0. The third kappa shape index (κ3) is 15.3. The second-order valence-electron chi connectivity index (χ2n) is 11.4. The van der Waals surface area contributed by atoms with E-state index in [1.807, 2.05) is 6.08 Å². The lowest BCUT2D eigenvalue weighted by Crippen LogP contribution is -2.40. The van der Waals surface area contributed by atoms with Gasteiger partial charge in [0, 0.05) is 30.6 Å². The zero-order chi connectivity index (χ0) is 26.7. The largest absolute Gasteiger partial charge is 0.473 e. The van der Waals surface area contributed by atoms with E-state index in [2.05, 4.69) is 10.6 Å². The highest BCUT2D eigenvalue weighted by molar-refractivity contribution is 6.27. The number of carbonyl (C=O) groups is 3. The Morgan fingerprint density at radius 1 is 0.541 bits per heavy atom. The summed E-state index contributed by atoms with van der Waals surface area (Å²) in [7, 11) is 0. The molecular formula is C30H52N2O5. The number of carboxylic acids is 2. The van der Waals surface area contributed by atoms with Gasteiger partial charge in [-0.15, -0.1) is 0 Å². The van der Waals surface area contributed by atoms with Crippen LogP contribution in [0.25, 0.3) is 0 Å². The number of aliphatic carboxylic acids is 2. The number of rotatable bonds is 4. The Morgan fingerprint density at radius 2 is 0.757 bits per heavy atom. The minimum Gasteiger partial charge on any atom is -0.473 e. The average molecular weight is 521 g/mol. The van der Waals surface area contributed by atoms with Crippen LogP contribution in [0.15, 0.2) is 12.2 Å². The van der Waals surface area contributed by atoms with Gasteiger partial charge in [-0.25, -0.2) is 9.59 Å². The molecular weight excluding hydrogens is 468 g/mol. The van der Waals surface area contributed by atoms with Gasteiger partial charge in [0.25, 0.3) is 0 Å². The number of nitrogens with one attached hydrogen (secondary N) is 2. The number of ketones is 1. The molecule has 4 saturated carbocycles. The van der Waals surface area contributed by atoms with Crippen molar-refractivity contribution in [2.24, 2.45) is 0 Å². The van der Waals surface area contributed by atoms with Gasteiger partial charge in [-0.1, -0.05) is 83.1 Å². The number of carboxylic acid groups (broad SMARTS) is 2. The summed E-state index contributed by atoms with van der Waals surface area (Å²) in [5.41, 5.74) is 0. The molecule has 4 N–H and O–H groups in total. The van der Waals surface area contributed by atoms with Crippen LogP contribution in [0.2, 0.25) is 0 Å². The Bertz CT molecular complexity index is 593. The van der Waals surface area contributed by atoms with E-state index in [4.69, 9.17) is 19.8 Å². The number of hydrogen-bond acceptors (Lipinski definition) is 5. The van der Waals surface area contributed by atoms with Crippen molar-refractivity contribution >= 4 is 17.7 Å². The maximum Gasteiger partial charge on any atom is 0.414 e. The van der Waals surface area contributed by atoms with Gasteiger partial charge in [-0.2, -0.15) is 0 Å². The molecule has 0 atom stereocenters. The molecule has 0 heterocycles. The normalized spacial score (nSPS) is 23.2. The zero-order valence-electron chi connectivity index (χ0n) is 22.9. The van der Waals surface area contributed by atoms with Crippen molar-refractivity contribution < 1.29 is 24.6 Å². The first kappa shape index (κ1) is 31.5. The van der Waals surface area contributed by atoms with Gasteiger partial charge in [0.05, 0.1) is 0 Å². The van der Waals surface area contributed by atoms with Gasteiger partial charge in [-0.3, -0.25) is 4.79 Å². The van der Waals surface area contributed by atoms with Crippen molar-refractivity contribution in [3.8, 4) is 0 Å². The molecule has 0 spiro atoms. The molecule has 0 unspecified atom stereocenters. The van der Waals surface area contributed by atoms with Crippen LogP contribution >= 0.6 is 0 Å². The molecule has 5 aliphatic carbocycles. The van der Waals surface area contributed by atoms with Gasteiger partial charge in [-0.05, 0) is 57.4 Å². The maximum atomic E-state index is 9.81. The molecule has 0 radical (unpaired) electrons. The quantitative estimate of drug-likeness (QED) is 0.328. The highest BCUT2D eigenvalue weighted by atomic mass is 16.4. The Labute approximate surface area is 224 Å². The van der Waals surface area contributed by atoms with E-state index in [0.717, 1.165) is 24.2 Å². The van der Waals surface area contributed by atoms with Gasteiger partial charge in [0.2, 0.25) is 0 Å². The van der Waals surface area contributed by atoms with E-state index in [0.29, 0.717) is 6.42 Å². The van der Waals surface area contributed by atoms with E-state index in [9.17, 15) is 4.79 Å². The lowest BCUT2D eigenvalue weighted by molar-refractivity contribution is -0.159. The summed E-state index contributed by atoms with van der Waals surface area (Å²) in [6, 6.07) is 3.49. The van der Waals surface area contributed by atoms with E-state index in [-0.39, 0.29) is 5.78 Å². The predicted octanol–water partition coefficient (Wildman–Crippen LogP) is 6.15. The van der Waals surface area contributed by atoms with Crippen LogP contribution in [0, 0.1) is 0 Å². The molecule has 5 aliphatic rings. The average Bonchev–Trinajstić information content (AvgIpc) is 2.91. The minimum atomic E-state index is -1.82. The number of hydrogen-bond donors (Lipinski definition) is 4. The van der Waals surface area contributed by atoms with Crippen molar-refractivity contribution in [2.75, 3.05) is 0 Å². The molecule has 37 heavy (non-hydrogen) atoms. The summed E-state index contributed by atoms with van der Waals surface area (Å²) in [5.74, 6) is -3.39. The molecule has 0 aromatic carbocycles. The van der Waals surface area contributed by atoms with Crippen molar-refractivity contribution in [2.45, 2.75) is 159 Å². The standard InChI is InChI=1S/2C12H23N.C4H4O.C2H2O4/c2*1-3-7-11(8-4-1)13-12-9-5-2-6-10-12;5-4-2-1-3-4;3-1(4)2(5)6/h2*11-13H,1-10H2;1-2H,3H2;(H,3,4)(H,5,6). The molecule has 5 rings (SSSR count). The molecule has 0 bridgehead atoms. The molecule has 7 nitrogen and oxygen atoms in total. The first-order valence-electron chi connectivity index (χ1n) is 15.1. The monoisotopic (exact) mass is 520 g/mol. The van der Waals surface area contributed by atoms with Crippen LogP contribution < -0.4 is 10.6 Å². The van der Waals surface area contributed by atoms with Crippen molar-refractivity contribution in [3.63, 3.8) is 0 Å². The fraction of sp³-hybridized carbons (Fsp3) is 0.833. The molecule has 0 saturated heterocycles. The Hall–Kier alpha value is -1.73.